The van der Waals surface area contributed by atoms with E-state index in [1.165, 1.54) is 0 Å². The van der Waals surface area contributed by atoms with Crippen LogP contribution in [-0.2, 0) is 9.47 Å². The first kappa shape index (κ1) is 14.2. The Bertz CT molecular complexity index is 239. The first-order chi connectivity index (χ1) is 8.61. The van der Waals surface area contributed by atoms with Gasteiger partial charge in [0.05, 0.1) is 32.8 Å². The lowest BCUT2D eigenvalue weighted by Crippen LogP contribution is -2.79. The molecule has 0 aromatic rings. The number of nitrogens with two attached hydrogens (primary N) is 2. The third kappa shape index (κ3) is 2.84. The van der Waals surface area contributed by atoms with Crippen LogP contribution in [0.1, 0.15) is 19.8 Å². The maximum atomic E-state index is 6.63. The van der Waals surface area contributed by atoms with Crippen LogP contribution >= 0.6 is 0 Å². The summed E-state index contributed by atoms with van der Waals surface area (Å²) in [6.07, 6.45) is 2.44. The fourth-order valence-electron chi connectivity index (χ4n) is 3.19. The van der Waals surface area contributed by atoms with E-state index < -0.39 is 0 Å². The Morgan fingerprint density at radius 2 is 1.28 bits per heavy atom. The normalized spacial score (nSPS) is 27.3. The number of hydrogen-bond acceptors (Lipinski definition) is 4. The molecule has 0 saturated carbocycles. The third-order valence-electron chi connectivity index (χ3n) is 4.34. The Hall–Kier alpha value is -0.240. The predicted molar refractivity (Wildman–Crippen MR) is 68.7 cm³/mol. The van der Waals surface area contributed by atoms with E-state index in [4.69, 9.17) is 21.2 Å². The molecule has 0 bridgehead atoms. The molecule has 6 heteroatoms. The van der Waals surface area contributed by atoms with Gasteiger partial charge in [-0.1, -0.05) is 6.92 Å². The van der Waals surface area contributed by atoms with Crippen LogP contribution in [0.5, 0.6) is 0 Å². The smallest absolute Gasteiger partial charge is 0.251 e. The molecule has 2 aliphatic rings. The van der Waals surface area contributed by atoms with Crippen LogP contribution in [0.25, 0.3) is 0 Å². The van der Waals surface area contributed by atoms with Crippen molar-refractivity contribution in [2.45, 2.75) is 25.9 Å². The summed E-state index contributed by atoms with van der Waals surface area (Å²) in [7, 11) is 0. The molecule has 18 heavy (non-hydrogen) atoms. The Morgan fingerprint density at radius 3 is 1.61 bits per heavy atom. The van der Waals surface area contributed by atoms with Gasteiger partial charge in [0.2, 0.25) is 0 Å². The maximum Gasteiger partial charge on any atom is 0.251 e. The number of hydrogen-bond donors (Lipinski definition) is 2. The van der Waals surface area contributed by atoms with Gasteiger partial charge in [0.15, 0.2) is 0 Å². The van der Waals surface area contributed by atoms with Gasteiger partial charge in [-0.25, -0.2) is 0 Å². The molecule has 106 valence electrons. The van der Waals surface area contributed by atoms with Crippen LogP contribution in [0.2, 0.25) is 0 Å². The van der Waals surface area contributed by atoms with Gasteiger partial charge in [0.25, 0.3) is 6.17 Å². The summed E-state index contributed by atoms with van der Waals surface area (Å²) in [6.45, 7) is 8.63. The minimum Gasteiger partial charge on any atom is -0.370 e. The van der Waals surface area contributed by atoms with Crippen LogP contribution in [0.4, 0.5) is 0 Å². The van der Waals surface area contributed by atoms with E-state index >= 15 is 0 Å². The average Bonchev–Trinajstić information content (AvgIpc) is 2.37. The molecule has 0 aromatic heterocycles. The van der Waals surface area contributed by atoms with Gasteiger partial charge in [-0.15, -0.1) is 0 Å². The second-order valence-corrected chi connectivity index (χ2v) is 5.59. The molecule has 2 aliphatic heterocycles. The summed E-state index contributed by atoms with van der Waals surface area (Å²) in [6, 6.07) is 0. The largest absolute Gasteiger partial charge is 0.370 e. The van der Waals surface area contributed by atoms with Crippen LogP contribution in [0, 0.1) is 0 Å². The fraction of sp³-hybridized carbons (Fsp3) is 1.00. The van der Waals surface area contributed by atoms with Gasteiger partial charge in [-0.3, -0.25) is 0 Å². The van der Waals surface area contributed by atoms with E-state index in [0.29, 0.717) is 9.18 Å². The zero-order valence-electron chi connectivity index (χ0n) is 11.5. The average molecular weight is 260 g/mol. The summed E-state index contributed by atoms with van der Waals surface area (Å²) in [5.41, 5.74) is 0. The minimum absolute atomic E-state index is 0.266. The summed E-state index contributed by atoms with van der Waals surface area (Å²) in [4.78, 5) is 0. The highest BCUT2D eigenvalue weighted by Gasteiger charge is 2.49. The topological polar surface area (TPSA) is 70.5 Å². The minimum atomic E-state index is 0.266. The fourth-order valence-corrected chi connectivity index (χ4v) is 3.19. The predicted octanol–water partition coefficient (Wildman–Crippen LogP) is -0.446. The second kappa shape index (κ2) is 5.81. The van der Waals surface area contributed by atoms with E-state index in [9.17, 15) is 0 Å². The number of rotatable bonds is 4. The SMILES string of the molecule is CCCC([N+]1(N)CCOCC1)[N+]1(N)CCOCC1. The van der Waals surface area contributed by atoms with E-state index in [0.717, 1.165) is 65.4 Å². The van der Waals surface area contributed by atoms with Crippen LogP contribution < -0.4 is 11.7 Å². The molecule has 2 fully saturated rings. The lowest BCUT2D eigenvalue weighted by Gasteiger charge is -2.50. The van der Waals surface area contributed by atoms with Crippen molar-refractivity contribution in [2.24, 2.45) is 11.7 Å². The Labute approximate surface area is 110 Å². The molecule has 6 nitrogen and oxygen atoms in total. The lowest BCUT2D eigenvalue weighted by atomic mass is 10.1. The standard InChI is InChI=1S/C12H28N4O2/c1-2-3-12(15(13)4-8-17-9-5-15)16(14)6-10-18-11-7-16/h12H,2-11,13-14H2,1H3/q+2. The number of ether oxygens (including phenoxy) is 2. The number of morpholine rings is 2. The molecule has 0 amide bonds. The van der Waals surface area contributed by atoms with Gasteiger partial charge in [0, 0.05) is 0 Å². The van der Waals surface area contributed by atoms with Crippen LogP contribution in [0.15, 0.2) is 0 Å². The van der Waals surface area contributed by atoms with Crippen molar-refractivity contribution in [3.05, 3.63) is 0 Å². The van der Waals surface area contributed by atoms with E-state index in [1.807, 2.05) is 0 Å². The van der Waals surface area contributed by atoms with Gasteiger partial charge < -0.3 is 9.47 Å². The quantitative estimate of drug-likeness (QED) is 0.531. The molecule has 0 unspecified atom stereocenters. The molecular weight excluding hydrogens is 232 g/mol. The first-order valence-corrected chi connectivity index (χ1v) is 7.07. The van der Waals surface area contributed by atoms with Crippen molar-refractivity contribution in [3.8, 4) is 0 Å². The molecule has 0 radical (unpaired) electrons. The first-order valence-electron chi connectivity index (χ1n) is 7.07. The Kier molecular flexibility index (Phi) is 4.58. The number of nitrogens with zero attached hydrogens (tertiary/aromatic N) is 2. The van der Waals surface area contributed by atoms with Gasteiger partial charge in [0.1, 0.15) is 26.2 Å². The van der Waals surface area contributed by atoms with Crippen molar-refractivity contribution < 1.29 is 18.7 Å². The maximum absolute atomic E-state index is 6.63. The lowest BCUT2D eigenvalue weighted by molar-refractivity contribution is -1.15. The molecule has 0 spiro atoms. The van der Waals surface area contributed by atoms with E-state index in [-0.39, 0.29) is 6.17 Å². The molecule has 0 aliphatic carbocycles. The van der Waals surface area contributed by atoms with Gasteiger partial charge >= 0.3 is 0 Å². The van der Waals surface area contributed by atoms with Crippen molar-refractivity contribution in [3.63, 3.8) is 0 Å². The molecule has 4 N–H and O–H groups in total. The van der Waals surface area contributed by atoms with Gasteiger partial charge in [-0.2, -0.15) is 20.9 Å². The molecule has 2 rings (SSSR count). The van der Waals surface area contributed by atoms with Crippen molar-refractivity contribution in [1.82, 2.24) is 0 Å². The highest BCUT2D eigenvalue weighted by molar-refractivity contribution is 4.56. The number of quaternary nitrogens is 2. The highest BCUT2D eigenvalue weighted by Crippen LogP contribution is 2.24. The van der Waals surface area contributed by atoms with Crippen LogP contribution in [0.3, 0.4) is 0 Å². The van der Waals surface area contributed by atoms with E-state index in [1.54, 1.807) is 0 Å². The van der Waals surface area contributed by atoms with Crippen LogP contribution in [-0.4, -0.2) is 68.0 Å². The van der Waals surface area contributed by atoms with E-state index in [2.05, 4.69) is 6.92 Å². The van der Waals surface area contributed by atoms with Crippen molar-refractivity contribution >= 4 is 0 Å². The molecule has 2 heterocycles. The summed E-state index contributed by atoms with van der Waals surface area (Å²) >= 11 is 0. The molecular formula is C12H28N4O2+2. The molecule has 0 aromatic carbocycles. The zero-order valence-corrected chi connectivity index (χ0v) is 11.5. The monoisotopic (exact) mass is 260 g/mol. The Balaban J connectivity index is 2.15. The zero-order chi connectivity index (χ0) is 13.1. The van der Waals surface area contributed by atoms with Crippen molar-refractivity contribution in [1.29, 1.82) is 0 Å². The molecule has 2 saturated heterocycles. The van der Waals surface area contributed by atoms with Crippen molar-refractivity contribution in [2.75, 3.05) is 52.6 Å². The highest BCUT2D eigenvalue weighted by atomic mass is 16.5. The summed E-state index contributed by atoms with van der Waals surface area (Å²) < 4.78 is 12.0. The summed E-state index contributed by atoms with van der Waals surface area (Å²) in [5.74, 6) is 13.3. The van der Waals surface area contributed by atoms with Gasteiger partial charge in [-0.05, 0) is 6.42 Å². The second-order valence-electron chi connectivity index (χ2n) is 5.59. The summed E-state index contributed by atoms with van der Waals surface area (Å²) in [5, 5.41) is 0. The molecule has 0 atom stereocenters. The Morgan fingerprint density at radius 1 is 0.889 bits per heavy atom. The third-order valence-corrected chi connectivity index (χ3v) is 4.34.